The van der Waals surface area contributed by atoms with Gasteiger partial charge in [0.25, 0.3) is 0 Å². The molecule has 2 aromatic rings. The molecule has 0 spiro atoms. The highest BCUT2D eigenvalue weighted by Crippen LogP contribution is 2.41. The summed E-state index contributed by atoms with van der Waals surface area (Å²) in [5, 5.41) is 7.42. The summed E-state index contributed by atoms with van der Waals surface area (Å²) in [7, 11) is 0. The number of hydrogen-bond donors (Lipinski definition) is 1. The van der Waals surface area contributed by atoms with Crippen LogP contribution >= 0.6 is 0 Å². The number of ether oxygens (including phenoxy) is 1. The summed E-state index contributed by atoms with van der Waals surface area (Å²) >= 11 is 0. The number of para-hydroxylation sites is 1. The van der Waals surface area contributed by atoms with Crippen molar-refractivity contribution in [3.8, 4) is 5.75 Å². The molecule has 1 aliphatic carbocycles. The smallest absolute Gasteiger partial charge is 0.248 e. The number of fused-ring (bicyclic) bond motifs is 1. The molecule has 1 aliphatic heterocycles. The quantitative estimate of drug-likeness (QED) is 0.902. The van der Waals surface area contributed by atoms with E-state index >= 15 is 0 Å². The third kappa shape index (κ3) is 3.45. The molecule has 26 heavy (non-hydrogen) atoms. The van der Waals surface area contributed by atoms with Crippen LogP contribution in [0.1, 0.15) is 69.9 Å². The Balaban J connectivity index is 1.50. The molecule has 6 nitrogen and oxygen atoms in total. The van der Waals surface area contributed by atoms with Gasteiger partial charge in [-0.3, -0.25) is 10.1 Å². The van der Waals surface area contributed by atoms with E-state index in [-0.39, 0.29) is 17.4 Å². The molecule has 1 unspecified atom stereocenters. The maximum Gasteiger partial charge on any atom is 0.248 e. The van der Waals surface area contributed by atoms with Crippen molar-refractivity contribution in [1.29, 1.82) is 0 Å². The first-order valence-corrected chi connectivity index (χ1v) is 9.52. The number of anilines is 1. The second kappa shape index (κ2) is 6.74. The van der Waals surface area contributed by atoms with Crippen molar-refractivity contribution in [2.45, 2.75) is 69.9 Å². The maximum atomic E-state index is 12.9. The van der Waals surface area contributed by atoms with Crippen LogP contribution in [0.5, 0.6) is 5.75 Å². The van der Waals surface area contributed by atoms with Crippen molar-refractivity contribution in [1.82, 2.24) is 14.8 Å². The van der Waals surface area contributed by atoms with E-state index in [4.69, 9.17) is 4.74 Å². The standard InChI is InChI=1S/C20H26N4O2/c1-20(2)12-16(15-10-6-7-11-17(15)26-20)18(25)22-19-21-13-24(23-19)14-8-4-3-5-9-14/h6-7,10-11,13-14,16H,3-5,8-9,12H2,1-2H3,(H,22,23,25). The van der Waals surface area contributed by atoms with Crippen LogP contribution in [-0.4, -0.2) is 26.3 Å². The third-order valence-corrected chi connectivity index (χ3v) is 5.39. The highest BCUT2D eigenvalue weighted by Gasteiger charge is 2.37. The maximum absolute atomic E-state index is 12.9. The Morgan fingerprint density at radius 1 is 1.23 bits per heavy atom. The van der Waals surface area contributed by atoms with Gasteiger partial charge in [-0.25, -0.2) is 9.67 Å². The molecule has 1 amide bonds. The topological polar surface area (TPSA) is 69.0 Å². The van der Waals surface area contributed by atoms with E-state index < -0.39 is 0 Å². The molecule has 138 valence electrons. The molecule has 2 aliphatic rings. The van der Waals surface area contributed by atoms with Gasteiger partial charge >= 0.3 is 0 Å². The number of aromatic nitrogens is 3. The zero-order valence-electron chi connectivity index (χ0n) is 15.4. The molecule has 1 aromatic heterocycles. The molecular formula is C20H26N4O2. The molecule has 2 heterocycles. The summed E-state index contributed by atoms with van der Waals surface area (Å²) in [6.07, 6.45) is 8.41. The number of carbonyl (C=O) groups is 1. The van der Waals surface area contributed by atoms with Crippen molar-refractivity contribution in [2.24, 2.45) is 0 Å². The number of hydrogen-bond acceptors (Lipinski definition) is 4. The molecule has 1 atom stereocenters. The number of amides is 1. The summed E-state index contributed by atoms with van der Waals surface area (Å²) in [5.74, 6) is 0.832. The largest absolute Gasteiger partial charge is 0.488 e. The molecule has 0 saturated heterocycles. The lowest BCUT2D eigenvalue weighted by atomic mass is 9.84. The number of nitrogens with one attached hydrogen (secondary N) is 1. The fourth-order valence-corrected chi connectivity index (χ4v) is 4.09. The summed E-state index contributed by atoms with van der Waals surface area (Å²) in [5.41, 5.74) is 0.543. The highest BCUT2D eigenvalue weighted by molar-refractivity contribution is 5.95. The first kappa shape index (κ1) is 17.1. The van der Waals surface area contributed by atoms with Crippen LogP contribution in [0.25, 0.3) is 0 Å². The predicted molar refractivity (Wildman–Crippen MR) is 99.3 cm³/mol. The van der Waals surface area contributed by atoms with Gasteiger partial charge in [0.2, 0.25) is 11.9 Å². The van der Waals surface area contributed by atoms with E-state index in [1.54, 1.807) is 6.33 Å². The number of nitrogens with zero attached hydrogens (tertiary/aromatic N) is 3. The Kier molecular flexibility index (Phi) is 4.42. The minimum absolute atomic E-state index is 0.0739. The molecule has 1 N–H and O–H groups in total. The number of benzene rings is 1. The van der Waals surface area contributed by atoms with Gasteiger partial charge in [-0.1, -0.05) is 37.5 Å². The van der Waals surface area contributed by atoms with Crippen molar-refractivity contribution < 1.29 is 9.53 Å². The fourth-order valence-electron chi connectivity index (χ4n) is 4.09. The van der Waals surface area contributed by atoms with Crippen LogP contribution in [0, 0.1) is 0 Å². The Morgan fingerprint density at radius 2 is 2.00 bits per heavy atom. The van der Waals surface area contributed by atoms with E-state index in [9.17, 15) is 4.79 Å². The van der Waals surface area contributed by atoms with Gasteiger partial charge in [0.15, 0.2) is 0 Å². The fraction of sp³-hybridized carbons (Fsp3) is 0.550. The van der Waals surface area contributed by atoms with Gasteiger partial charge in [-0.2, -0.15) is 0 Å². The summed E-state index contributed by atoms with van der Waals surface area (Å²) in [6, 6.07) is 8.17. The zero-order valence-corrected chi connectivity index (χ0v) is 15.4. The molecule has 0 radical (unpaired) electrons. The lowest BCUT2D eigenvalue weighted by molar-refractivity contribution is -0.119. The van der Waals surface area contributed by atoms with Crippen molar-refractivity contribution in [2.75, 3.05) is 5.32 Å². The lowest BCUT2D eigenvalue weighted by Crippen LogP contribution is -2.38. The zero-order chi connectivity index (χ0) is 18.1. The Labute approximate surface area is 154 Å². The summed E-state index contributed by atoms with van der Waals surface area (Å²) < 4.78 is 7.93. The Bertz CT molecular complexity index is 793. The molecule has 1 saturated carbocycles. The first-order valence-electron chi connectivity index (χ1n) is 9.52. The average molecular weight is 354 g/mol. The summed E-state index contributed by atoms with van der Waals surface area (Å²) in [4.78, 5) is 17.3. The van der Waals surface area contributed by atoms with Crippen molar-refractivity contribution in [3.63, 3.8) is 0 Å². The second-order valence-electron chi connectivity index (χ2n) is 7.99. The molecule has 6 heteroatoms. The van der Waals surface area contributed by atoms with Gasteiger partial charge < -0.3 is 4.74 Å². The minimum atomic E-state index is -0.384. The van der Waals surface area contributed by atoms with E-state index in [0.717, 1.165) is 24.2 Å². The van der Waals surface area contributed by atoms with Gasteiger partial charge in [-0.05, 0) is 32.8 Å². The predicted octanol–water partition coefficient (Wildman–Crippen LogP) is 4.07. The van der Waals surface area contributed by atoms with Crippen molar-refractivity contribution in [3.05, 3.63) is 36.2 Å². The van der Waals surface area contributed by atoms with Gasteiger partial charge in [0, 0.05) is 12.0 Å². The lowest BCUT2D eigenvalue weighted by Gasteiger charge is -2.36. The van der Waals surface area contributed by atoms with Gasteiger partial charge in [0.05, 0.1) is 12.0 Å². The molecule has 1 aromatic carbocycles. The third-order valence-electron chi connectivity index (χ3n) is 5.39. The summed E-state index contributed by atoms with van der Waals surface area (Å²) in [6.45, 7) is 4.03. The SMILES string of the molecule is CC1(C)CC(C(=O)Nc2ncn(C3CCCCC3)n2)c2ccccc2O1. The molecule has 0 bridgehead atoms. The molecule has 4 rings (SSSR count). The van der Waals surface area contributed by atoms with E-state index in [1.807, 2.05) is 42.8 Å². The van der Waals surface area contributed by atoms with Crippen molar-refractivity contribution >= 4 is 11.9 Å². The van der Waals surface area contributed by atoms with Crippen LogP contribution < -0.4 is 10.1 Å². The van der Waals surface area contributed by atoms with Crippen LogP contribution in [0.2, 0.25) is 0 Å². The van der Waals surface area contributed by atoms with Gasteiger partial charge in [-0.15, -0.1) is 5.10 Å². The van der Waals surface area contributed by atoms with Gasteiger partial charge in [0.1, 0.15) is 17.7 Å². The van der Waals surface area contributed by atoms with E-state index in [1.165, 1.54) is 19.3 Å². The monoisotopic (exact) mass is 354 g/mol. The molecular weight excluding hydrogens is 328 g/mol. The second-order valence-corrected chi connectivity index (χ2v) is 7.99. The van der Waals surface area contributed by atoms with Crippen LogP contribution in [-0.2, 0) is 4.79 Å². The Hall–Kier alpha value is -2.37. The van der Waals surface area contributed by atoms with Crippen LogP contribution in [0.3, 0.4) is 0 Å². The first-order chi connectivity index (χ1) is 12.5. The van der Waals surface area contributed by atoms with E-state index in [2.05, 4.69) is 15.4 Å². The number of carbonyl (C=O) groups excluding carboxylic acids is 1. The average Bonchev–Trinajstić information content (AvgIpc) is 3.09. The molecule has 1 fully saturated rings. The normalized spacial score (nSPS) is 22.3. The van der Waals surface area contributed by atoms with Crippen LogP contribution in [0.15, 0.2) is 30.6 Å². The van der Waals surface area contributed by atoms with Crippen LogP contribution in [0.4, 0.5) is 5.95 Å². The number of rotatable bonds is 3. The Morgan fingerprint density at radius 3 is 2.81 bits per heavy atom. The van der Waals surface area contributed by atoms with E-state index in [0.29, 0.717) is 18.4 Å². The highest BCUT2D eigenvalue weighted by atomic mass is 16.5. The minimum Gasteiger partial charge on any atom is -0.488 e.